The zero-order valence-corrected chi connectivity index (χ0v) is 15.9. The first-order chi connectivity index (χ1) is 12.0. The summed E-state index contributed by atoms with van der Waals surface area (Å²) in [5, 5.41) is 0.669. The van der Waals surface area contributed by atoms with Gasteiger partial charge in [0.15, 0.2) is 5.79 Å². The van der Waals surface area contributed by atoms with Crippen molar-refractivity contribution in [3.8, 4) is 0 Å². The number of anilines is 1. The van der Waals surface area contributed by atoms with Crippen LogP contribution in [0.5, 0.6) is 0 Å². The summed E-state index contributed by atoms with van der Waals surface area (Å²) in [6.07, 6.45) is 3.28. The van der Waals surface area contributed by atoms with Crippen molar-refractivity contribution in [1.29, 1.82) is 0 Å². The summed E-state index contributed by atoms with van der Waals surface area (Å²) in [5.74, 6) is -1.08. The minimum absolute atomic E-state index is 0.0347. The Bertz CT molecular complexity index is 673. The molecule has 25 heavy (non-hydrogen) atoms. The van der Waals surface area contributed by atoms with Crippen LogP contribution in [0.3, 0.4) is 0 Å². The quantitative estimate of drug-likeness (QED) is 0.610. The van der Waals surface area contributed by atoms with Crippen LogP contribution in [0.2, 0.25) is 5.02 Å². The van der Waals surface area contributed by atoms with Gasteiger partial charge in [-0.25, -0.2) is 4.79 Å². The third-order valence-electron chi connectivity index (χ3n) is 4.26. The lowest BCUT2D eigenvalue weighted by molar-refractivity contribution is -0.142. The molecule has 1 unspecified atom stereocenters. The first-order valence-electron chi connectivity index (χ1n) is 8.38. The van der Waals surface area contributed by atoms with Gasteiger partial charge in [0.2, 0.25) is 0 Å². The highest BCUT2D eigenvalue weighted by molar-refractivity contribution is 8.01. The Morgan fingerprint density at radius 1 is 1.44 bits per heavy atom. The number of hydrogen-bond acceptors (Lipinski definition) is 6. The summed E-state index contributed by atoms with van der Waals surface area (Å²) in [6, 6.07) is 5.68. The van der Waals surface area contributed by atoms with Crippen LogP contribution in [0.25, 0.3) is 0 Å². The van der Waals surface area contributed by atoms with E-state index in [1.807, 2.05) is 25.1 Å². The van der Waals surface area contributed by atoms with Crippen LogP contribution in [0.15, 0.2) is 29.8 Å². The molecule has 0 amide bonds. The monoisotopic (exact) mass is 383 g/mol. The van der Waals surface area contributed by atoms with Crippen LogP contribution >= 0.6 is 23.5 Å². The number of nitrogens with one attached hydrogen (secondary N) is 1. The molecule has 0 radical (unpaired) electrons. The molecule has 1 saturated heterocycles. The minimum Gasteiger partial charge on any atom is -0.463 e. The summed E-state index contributed by atoms with van der Waals surface area (Å²) < 4.78 is 20.0. The van der Waals surface area contributed by atoms with Crippen molar-refractivity contribution < 1.29 is 19.0 Å². The average Bonchev–Trinajstić information content (AvgIpc) is 3.03. The van der Waals surface area contributed by atoms with E-state index in [2.05, 4.69) is 4.72 Å². The number of carbonyl (C=O) groups excluding carboxylic acids is 1. The van der Waals surface area contributed by atoms with Gasteiger partial charge in [-0.05, 0) is 62.1 Å². The Labute approximate surface area is 157 Å². The maximum Gasteiger partial charge on any atom is 0.335 e. The number of esters is 1. The van der Waals surface area contributed by atoms with Gasteiger partial charge in [-0.1, -0.05) is 11.6 Å². The Hall–Kier alpha value is -1.21. The largest absolute Gasteiger partial charge is 0.463 e. The predicted octanol–water partition coefficient (Wildman–Crippen LogP) is 4.10. The van der Waals surface area contributed by atoms with Crippen LogP contribution in [0.4, 0.5) is 5.69 Å². The molecule has 1 N–H and O–H groups in total. The highest BCUT2D eigenvalue weighted by Crippen LogP contribution is 2.39. The van der Waals surface area contributed by atoms with Crippen LogP contribution in [0.1, 0.15) is 25.3 Å². The van der Waals surface area contributed by atoms with Gasteiger partial charge in [0.25, 0.3) is 0 Å². The Morgan fingerprint density at radius 3 is 2.88 bits per heavy atom. The highest BCUT2D eigenvalue weighted by Gasteiger charge is 2.42. The lowest BCUT2D eigenvalue weighted by atomic mass is 9.94. The number of halogens is 1. The minimum atomic E-state index is -0.769. The zero-order chi connectivity index (χ0) is 17.9. The number of aryl methyl sites for hydroxylation is 1. The van der Waals surface area contributed by atoms with Crippen molar-refractivity contribution in [2.24, 2.45) is 0 Å². The van der Waals surface area contributed by atoms with E-state index in [0.717, 1.165) is 24.1 Å². The molecule has 3 rings (SSSR count). The maximum atomic E-state index is 12.4. The van der Waals surface area contributed by atoms with Crippen molar-refractivity contribution >= 4 is 35.2 Å². The number of benzene rings is 1. The van der Waals surface area contributed by atoms with E-state index in [0.29, 0.717) is 30.4 Å². The van der Waals surface area contributed by atoms with E-state index in [9.17, 15) is 4.79 Å². The molecule has 0 aromatic heterocycles. The van der Waals surface area contributed by atoms with Crippen LogP contribution < -0.4 is 4.72 Å². The highest BCUT2D eigenvalue weighted by atomic mass is 35.5. The van der Waals surface area contributed by atoms with Gasteiger partial charge in [-0.15, -0.1) is 0 Å². The summed E-state index contributed by atoms with van der Waals surface area (Å²) in [5.41, 5.74) is 2.63. The fourth-order valence-corrected chi connectivity index (χ4v) is 4.24. The van der Waals surface area contributed by atoms with E-state index in [1.165, 1.54) is 11.9 Å². The zero-order valence-electron chi connectivity index (χ0n) is 14.3. The van der Waals surface area contributed by atoms with Crippen molar-refractivity contribution in [3.05, 3.63) is 40.4 Å². The molecule has 1 heterocycles. The van der Waals surface area contributed by atoms with E-state index >= 15 is 0 Å². The molecular weight excluding hydrogens is 362 g/mol. The second-order valence-corrected chi connectivity index (χ2v) is 7.48. The van der Waals surface area contributed by atoms with Gasteiger partial charge in [-0.2, -0.15) is 0 Å². The fraction of sp³-hybridized carbons (Fsp3) is 0.500. The second kappa shape index (κ2) is 7.99. The molecule has 1 aliphatic heterocycles. The molecule has 1 fully saturated rings. The summed E-state index contributed by atoms with van der Waals surface area (Å²) in [7, 11) is 0. The van der Waals surface area contributed by atoms with Crippen molar-refractivity contribution in [1.82, 2.24) is 0 Å². The van der Waals surface area contributed by atoms with E-state index in [1.54, 1.807) is 13.0 Å². The third kappa shape index (κ3) is 4.31. The van der Waals surface area contributed by atoms with Gasteiger partial charge >= 0.3 is 5.97 Å². The smallest absolute Gasteiger partial charge is 0.335 e. The molecule has 2 aliphatic rings. The predicted molar refractivity (Wildman–Crippen MR) is 99.8 cm³/mol. The number of hydrogen-bond donors (Lipinski definition) is 1. The van der Waals surface area contributed by atoms with Gasteiger partial charge in [-0.3, -0.25) is 0 Å². The lowest BCUT2D eigenvalue weighted by Gasteiger charge is -2.33. The molecule has 136 valence electrons. The second-order valence-electron chi connectivity index (χ2n) is 6.04. The molecule has 1 aliphatic carbocycles. The molecule has 1 atom stereocenters. The summed E-state index contributed by atoms with van der Waals surface area (Å²) in [6.45, 7) is 5.23. The molecule has 1 aromatic carbocycles. The van der Waals surface area contributed by atoms with Crippen LogP contribution in [-0.4, -0.2) is 36.8 Å². The average molecular weight is 384 g/mol. The molecule has 0 saturated carbocycles. The summed E-state index contributed by atoms with van der Waals surface area (Å²) >= 11 is 7.50. The van der Waals surface area contributed by atoms with Crippen molar-refractivity contribution in [3.63, 3.8) is 0 Å². The molecule has 7 heteroatoms. The molecule has 1 spiro atoms. The lowest BCUT2D eigenvalue weighted by Crippen LogP contribution is -2.36. The Balaban J connectivity index is 1.75. The van der Waals surface area contributed by atoms with Crippen molar-refractivity contribution in [2.45, 2.75) is 37.7 Å². The molecule has 0 bridgehead atoms. The van der Waals surface area contributed by atoms with E-state index in [-0.39, 0.29) is 11.2 Å². The van der Waals surface area contributed by atoms with Gasteiger partial charge < -0.3 is 18.9 Å². The summed E-state index contributed by atoms with van der Waals surface area (Å²) in [4.78, 5) is 12.4. The van der Waals surface area contributed by atoms with Crippen LogP contribution in [-0.2, 0) is 19.0 Å². The Morgan fingerprint density at radius 2 is 2.20 bits per heavy atom. The van der Waals surface area contributed by atoms with Gasteiger partial charge in [0.05, 0.1) is 30.6 Å². The van der Waals surface area contributed by atoms with Gasteiger partial charge in [0, 0.05) is 17.1 Å². The fourth-order valence-electron chi connectivity index (χ4n) is 2.99. The molecular formula is C18H22ClNO4S. The topological polar surface area (TPSA) is 56.8 Å². The maximum absolute atomic E-state index is 12.4. The standard InChI is InChI=1S/C18H22ClNO4S/c1-3-22-17(21)14-11-18(23-8-9-24-18)7-6-16(14)25-20-15-5-4-13(19)10-12(15)2/h4-5,10-11,16,20H,3,6-9H2,1-2H3. The van der Waals surface area contributed by atoms with E-state index in [4.69, 9.17) is 25.8 Å². The molecule has 5 nitrogen and oxygen atoms in total. The Kier molecular flexibility index (Phi) is 5.94. The van der Waals surface area contributed by atoms with Gasteiger partial charge in [0.1, 0.15) is 0 Å². The first kappa shape index (κ1) is 18.6. The number of ether oxygens (including phenoxy) is 3. The normalized spacial score (nSPS) is 21.9. The third-order valence-corrected chi connectivity index (χ3v) is 5.61. The molecule has 1 aromatic rings. The first-order valence-corrected chi connectivity index (χ1v) is 9.64. The van der Waals surface area contributed by atoms with Crippen LogP contribution in [0, 0.1) is 6.92 Å². The number of rotatable bonds is 5. The SMILES string of the molecule is CCOC(=O)C1=CC2(CCC1SNc1ccc(Cl)cc1C)OCCO2. The van der Waals surface area contributed by atoms with Crippen molar-refractivity contribution in [2.75, 3.05) is 24.5 Å². The van der Waals surface area contributed by atoms with E-state index < -0.39 is 5.79 Å². The number of carbonyl (C=O) groups is 1.